The predicted octanol–water partition coefficient (Wildman–Crippen LogP) is 14.0. The first-order valence-electron chi connectivity index (χ1n) is 21.2. The third kappa shape index (κ3) is 10.7. The Kier molecular flexibility index (Phi) is 16.0. The molecule has 0 aromatic rings. The fourth-order valence-corrected chi connectivity index (χ4v) is 11.3. The van der Waals surface area contributed by atoms with Crippen LogP contribution in [0.25, 0.3) is 0 Å². The number of hydrogen-bond donors (Lipinski definition) is 0. The van der Waals surface area contributed by atoms with Gasteiger partial charge in [-0.05, 0) is 123 Å². The van der Waals surface area contributed by atoms with Crippen LogP contribution >= 0.6 is 0 Å². The van der Waals surface area contributed by atoms with E-state index in [4.69, 9.17) is 4.74 Å². The van der Waals surface area contributed by atoms with Crippen LogP contribution < -0.4 is 0 Å². The summed E-state index contributed by atoms with van der Waals surface area (Å²) >= 11 is 0. The molecule has 0 spiro atoms. The maximum absolute atomic E-state index is 12.8. The topological polar surface area (TPSA) is 26.3 Å². The van der Waals surface area contributed by atoms with Crippen LogP contribution in [0.1, 0.15) is 202 Å². The molecule has 270 valence electrons. The van der Waals surface area contributed by atoms with E-state index in [1.807, 2.05) is 0 Å². The SMILES string of the molecule is CCCCCCCC/C=C\CCCCCCCC(=O)O[C@H]1CC[C@@]2(C)C(=CC[C@H]3[C@H]4CC[C@@H]([C@H](C)CCCC(C)C)[C@@]4(C)CC[C@@H]32)C1. The molecule has 8 atom stereocenters. The van der Waals surface area contributed by atoms with Crippen molar-refractivity contribution in [2.75, 3.05) is 0 Å². The molecule has 4 aliphatic rings. The summed E-state index contributed by atoms with van der Waals surface area (Å²) in [4.78, 5) is 12.8. The highest BCUT2D eigenvalue weighted by Crippen LogP contribution is 2.67. The van der Waals surface area contributed by atoms with Gasteiger partial charge < -0.3 is 4.74 Å². The number of allylic oxidation sites excluding steroid dienone is 3. The van der Waals surface area contributed by atoms with Crippen molar-refractivity contribution in [3.05, 3.63) is 23.8 Å². The minimum Gasteiger partial charge on any atom is -0.462 e. The van der Waals surface area contributed by atoms with E-state index in [1.165, 1.54) is 128 Å². The van der Waals surface area contributed by atoms with Crippen molar-refractivity contribution < 1.29 is 9.53 Å². The van der Waals surface area contributed by atoms with E-state index in [-0.39, 0.29) is 12.1 Å². The molecule has 2 nitrogen and oxygen atoms in total. The van der Waals surface area contributed by atoms with Crippen LogP contribution in [0.3, 0.4) is 0 Å². The van der Waals surface area contributed by atoms with Gasteiger partial charge in [0, 0.05) is 12.8 Å². The van der Waals surface area contributed by atoms with Crippen LogP contribution in [-0.2, 0) is 9.53 Å². The number of fused-ring (bicyclic) bond motifs is 5. The molecular weight excluding hydrogens is 572 g/mol. The van der Waals surface area contributed by atoms with Gasteiger partial charge in [-0.1, -0.05) is 136 Å². The number of rotatable bonds is 21. The third-order valence-electron chi connectivity index (χ3n) is 14.2. The number of ether oxygens (including phenoxy) is 1. The molecule has 0 aromatic heterocycles. The Morgan fingerprint density at radius 1 is 0.809 bits per heavy atom. The van der Waals surface area contributed by atoms with Gasteiger partial charge >= 0.3 is 5.97 Å². The molecule has 0 unspecified atom stereocenters. The number of carbonyl (C=O) groups is 1. The lowest BCUT2D eigenvalue weighted by molar-refractivity contribution is -0.151. The summed E-state index contributed by atoms with van der Waals surface area (Å²) in [7, 11) is 0. The smallest absolute Gasteiger partial charge is 0.306 e. The monoisotopic (exact) mass is 651 g/mol. The second kappa shape index (κ2) is 19.4. The maximum Gasteiger partial charge on any atom is 0.306 e. The minimum atomic E-state index is 0.0541. The molecule has 3 fully saturated rings. The van der Waals surface area contributed by atoms with Crippen molar-refractivity contribution in [2.24, 2.45) is 46.3 Å². The van der Waals surface area contributed by atoms with Crippen molar-refractivity contribution in [2.45, 2.75) is 208 Å². The Labute approximate surface area is 293 Å². The highest BCUT2D eigenvalue weighted by atomic mass is 16.5. The van der Waals surface area contributed by atoms with Gasteiger partial charge in [0.15, 0.2) is 0 Å². The Morgan fingerprint density at radius 3 is 2.19 bits per heavy atom. The Morgan fingerprint density at radius 2 is 1.49 bits per heavy atom. The molecule has 2 heteroatoms. The maximum atomic E-state index is 12.8. The fourth-order valence-electron chi connectivity index (χ4n) is 11.3. The Balaban J connectivity index is 1.12. The summed E-state index contributed by atoms with van der Waals surface area (Å²) in [5.74, 6) is 5.31. The molecule has 4 aliphatic carbocycles. The van der Waals surface area contributed by atoms with Crippen molar-refractivity contribution in [1.82, 2.24) is 0 Å². The van der Waals surface area contributed by atoms with Crippen molar-refractivity contribution in [3.8, 4) is 0 Å². The Bertz CT molecular complexity index is 976. The summed E-state index contributed by atoms with van der Waals surface area (Å²) in [6, 6.07) is 0. The van der Waals surface area contributed by atoms with Crippen LogP contribution in [0.2, 0.25) is 0 Å². The second-order valence-electron chi connectivity index (χ2n) is 18.0. The highest BCUT2D eigenvalue weighted by molar-refractivity contribution is 5.69. The number of carbonyl (C=O) groups excluding carboxylic acids is 1. The fraction of sp³-hybridized carbons (Fsp3) is 0.889. The molecule has 3 saturated carbocycles. The molecule has 0 aliphatic heterocycles. The molecule has 0 N–H and O–H groups in total. The van der Waals surface area contributed by atoms with E-state index < -0.39 is 0 Å². The van der Waals surface area contributed by atoms with Gasteiger partial charge in [-0.25, -0.2) is 0 Å². The quantitative estimate of drug-likeness (QED) is 0.0702. The van der Waals surface area contributed by atoms with Crippen molar-refractivity contribution in [3.63, 3.8) is 0 Å². The molecule has 0 bridgehead atoms. The van der Waals surface area contributed by atoms with E-state index in [9.17, 15) is 4.79 Å². The van der Waals surface area contributed by atoms with Gasteiger partial charge in [-0.2, -0.15) is 0 Å². The largest absolute Gasteiger partial charge is 0.462 e. The summed E-state index contributed by atoms with van der Waals surface area (Å²) in [5.41, 5.74) is 2.53. The van der Waals surface area contributed by atoms with Crippen LogP contribution in [-0.4, -0.2) is 12.1 Å². The van der Waals surface area contributed by atoms with Crippen molar-refractivity contribution in [1.29, 1.82) is 0 Å². The predicted molar refractivity (Wildman–Crippen MR) is 202 cm³/mol. The van der Waals surface area contributed by atoms with Crippen LogP contribution in [0.4, 0.5) is 0 Å². The average molecular weight is 651 g/mol. The first-order chi connectivity index (χ1) is 22.7. The molecule has 0 radical (unpaired) electrons. The van der Waals surface area contributed by atoms with Gasteiger partial charge in [0.2, 0.25) is 0 Å². The van der Waals surface area contributed by atoms with E-state index in [0.29, 0.717) is 17.3 Å². The molecule has 0 saturated heterocycles. The van der Waals surface area contributed by atoms with E-state index in [2.05, 4.69) is 59.8 Å². The van der Waals surface area contributed by atoms with Crippen LogP contribution in [0.5, 0.6) is 0 Å². The summed E-state index contributed by atoms with van der Waals surface area (Å²) in [5, 5.41) is 0. The average Bonchev–Trinajstić information content (AvgIpc) is 3.40. The molecule has 0 amide bonds. The van der Waals surface area contributed by atoms with Crippen LogP contribution in [0.15, 0.2) is 23.8 Å². The third-order valence-corrected chi connectivity index (χ3v) is 14.2. The van der Waals surface area contributed by atoms with Crippen molar-refractivity contribution >= 4 is 5.97 Å². The lowest BCUT2D eigenvalue weighted by Gasteiger charge is -2.58. The highest BCUT2D eigenvalue weighted by Gasteiger charge is 2.59. The molecular formula is C45H78O2. The number of esters is 1. The van der Waals surface area contributed by atoms with E-state index >= 15 is 0 Å². The van der Waals surface area contributed by atoms with Gasteiger partial charge in [-0.15, -0.1) is 0 Å². The zero-order valence-electron chi connectivity index (χ0n) is 32.3. The second-order valence-corrected chi connectivity index (χ2v) is 18.0. The van der Waals surface area contributed by atoms with Crippen LogP contribution in [0, 0.1) is 46.3 Å². The summed E-state index contributed by atoms with van der Waals surface area (Å²) < 4.78 is 6.12. The normalized spacial score (nSPS) is 32.6. The van der Waals surface area contributed by atoms with Gasteiger partial charge in [0.1, 0.15) is 6.10 Å². The molecule has 0 aromatic carbocycles. The molecule has 47 heavy (non-hydrogen) atoms. The van der Waals surface area contributed by atoms with Gasteiger partial charge in [-0.3, -0.25) is 4.79 Å². The first kappa shape index (κ1) is 38.7. The standard InChI is InChI=1S/C45H78O2/c1-7-8-9-10-11-12-13-14-15-16-17-18-19-20-21-25-43(46)47-38-30-32-44(5)37(34-38)26-27-39-41-29-28-40(36(4)24-22-23-35(2)3)45(41,6)33-31-42(39)44/h14-15,26,35-36,38-42H,7-13,16-25,27-34H2,1-6H3/b15-14-/t36-,38+,39+,40+,41-,42+,44+,45-/m1/s1. The first-order valence-corrected chi connectivity index (χ1v) is 21.2. The van der Waals surface area contributed by atoms with E-state index in [1.54, 1.807) is 5.57 Å². The zero-order chi connectivity index (χ0) is 33.7. The number of unbranched alkanes of at least 4 members (excludes halogenated alkanes) is 11. The van der Waals surface area contributed by atoms with Gasteiger partial charge in [0.25, 0.3) is 0 Å². The summed E-state index contributed by atoms with van der Waals surface area (Å²) in [6.07, 6.45) is 39.5. The molecule has 0 heterocycles. The van der Waals surface area contributed by atoms with Gasteiger partial charge in [0.05, 0.1) is 0 Å². The zero-order valence-corrected chi connectivity index (χ0v) is 32.3. The lowest BCUT2D eigenvalue weighted by Crippen LogP contribution is -2.51. The van der Waals surface area contributed by atoms with E-state index in [0.717, 1.165) is 61.2 Å². The number of hydrogen-bond acceptors (Lipinski definition) is 2. The minimum absolute atomic E-state index is 0.0541. The summed E-state index contributed by atoms with van der Waals surface area (Å²) in [6.45, 7) is 14.9. The Hall–Kier alpha value is -1.05. The lowest BCUT2D eigenvalue weighted by atomic mass is 9.47. The molecule has 4 rings (SSSR count).